The first-order valence-corrected chi connectivity index (χ1v) is 10.1. The van der Waals surface area contributed by atoms with Crippen molar-refractivity contribution >= 4 is 16.9 Å². The molecule has 32 heavy (non-hydrogen) atoms. The minimum Gasteiger partial charge on any atom is -0.466 e. The fourth-order valence-corrected chi connectivity index (χ4v) is 3.27. The summed E-state index contributed by atoms with van der Waals surface area (Å²) in [4.78, 5) is 43.4. The summed E-state index contributed by atoms with van der Waals surface area (Å²) in [5.74, 6) is 0.0765. The number of fused-ring (bicyclic) bond motifs is 1. The predicted molar refractivity (Wildman–Crippen MR) is 115 cm³/mol. The number of hydrogen-bond acceptors (Lipinski definition) is 6. The summed E-state index contributed by atoms with van der Waals surface area (Å²) in [6, 6.07) is 12.6. The molecule has 8 nitrogen and oxygen atoms in total. The van der Waals surface area contributed by atoms with E-state index >= 15 is 0 Å². The predicted octanol–water partition coefficient (Wildman–Crippen LogP) is 3.05. The highest BCUT2D eigenvalue weighted by Crippen LogP contribution is 2.21. The highest BCUT2D eigenvalue weighted by atomic mass is 19.1. The molecular formula is C23H20FN3O5. The summed E-state index contributed by atoms with van der Waals surface area (Å²) >= 11 is 0. The highest BCUT2D eigenvalue weighted by Gasteiger charge is 2.11. The van der Waals surface area contributed by atoms with Crippen molar-refractivity contribution in [2.75, 3.05) is 6.61 Å². The Morgan fingerprint density at radius 2 is 1.91 bits per heavy atom. The normalized spacial score (nSPS) is 11.0. The topological polar surface area (TPSA) is 107 Å². The van der Waals surface area contributed by atoms with Gasteiger partial charge in [-0.25, -0.2) is 14.2 Å². The van der Waals surface area contributed by atoms with Gasteiger partial charge in [0.05, 0.1) is 30.1 Å². The Balaban J connectivity index is 1.25. The second-order valence-corrected chi connectivity index (χ2v) is 7.13. The number of hydrogen-bond donors (Lipinski definition) is 1. The van der Waals surface area contributed by atoms with Crippen LogP contribution in [0.25, 0.3) is 22.2 Å². The van der Waals surface area contributed by atoms with Crippen LogP contribution in [0.1, 0.15) is 18.7 Å². The van der Waals surface area contributed by atoms with Gasteiger partial charge in [-0.3, -0.25) is 14.2 Å². The Bertz CT molecular complexity index is 1350. The molecule has 2 aromatic carbocycles. The number of esters is 1. The SMILES string of the molecule is O=C(CCc1ncc(-c2ccc(F)cc2)o1)OCCCn1c(=O)[nH]c2ccccc2c1=O. The van der Waals surface area contributed by atoms with Crippen LogP contribution in [0.5, 0.6) is 0 Å². The zero-order valence-electron chi connectivity index (χ0n) is 17.0. The van der Waals surface area contributed by atoms with Gasteiger partial charge in [0.15, 0.2) is 11.7 Å². The number of rotatable bonds is 8. The number of ether oxygens (including phenoxy) is 1. The Morgan fingerprint density at radius 3 is 2.72 bits per heavy atom. The van der Waals surface area contributed by atoms with Gasteiger partial charge < -0.3 is 14.1 Å². The smallest absolute Gasteiger partial charge is 0.328 e. The zero-order valence-corrected chi connectivity index (χ0v) is 17.0. The molecule has 164 valence electrons. The number of halogens is 1. The van der Waals surface area contributed by atoms with Crippen molar-refractivity contribution in [2.24, 2.45) is 0 Å². The van der Waals surface area contributed by atoms with Crippen LogP contribution < -0.4 is 11.2 Å². The van der Waals surface area contributed by atoms with E-state index in [1.54, 1.807) is 36.4 Å². The van der Waals surface area contributed by atoms with Gasteiger partial charge in [0.1, 0.15) is 5.82 Å². The maximum Gasteiger partial charge on any atom is 0.328 e. The van der Waals surface area contributed by atoms with Crippen molar-refractivity contribution in [3.8, 4) is 11.3 Å². The van der Waals surface area contributed by atoms with Crippen LogP contribution in [0, 0.1) is 5.82 Å². The van der Waals surface area contributed by atoms with E-state index in [0.29, 0.717) is 34.5 Å². The summed E-state index contributed by atoms with van der Waals surface area (Å²) in [6.07, 6.45) is 2.16. The third kappa shape index (κ3) is 4.83. The second-order valence-electron chi connectivity index (χ2n) is 7.13. The average Bonchev–Trinajstić information content (AvgIpc) is 3.26. The van der Waals surface area contributed by atoms with Crippen LogP contribution in [0.15, 0.2) is 68.7 Å². The van der Waals surface area contributed by atoms with Gasteiger partial charge in [-0.15, -0.1) is 0 Å². The minimum absolute atomic E-state index is 0.0693. The number of carbonyl (C=O) groups excluding carboxylic acids is 1. The Morgan fingerprint density at radius 1 is 1.12 bits per heavy atom. The molecule has 0 radical (unpaired) electrons. The molecule has 0 aliphatic carbocycles. The second kappa shape index (κ2) is 9.42. The first-order chi connectivity index (χ1) is 15.5. The number of H-pyrrole nitrogens is 1. The van der Waals surface area contributed by atoms with Gasteiger partial charge in [0.25, 0.3) is 5.56 Å². The fourth-order valence-electron chi connectivity index (χ4n) is 3.27. The lowest BCUT2D eigenvalue weighted by Crippen LogP contribution is -2.35. The molecule has 0 saturated carbocycles. The Labute approximate surface area is 181 Å². The standard InChI is InChI=1S/C23H20FN3O5/c24-16-8-6-15(7-9-16)19-14-25-20(32-19)10-11-21(28)31-13-3-12-27-22(29)17-4-1-2-5-18(17)26-23(27)30/h1-2,4-9,14H,3,10-13H2,(H,26,30). The van der Waals surface area contributed by atoms with Gasteiger partial charge in [-0.2, -0.15) is 0 Å². The molecule has 2 aromatic heterocycles. The Kier molecular flexibility index (Phi) is 6.25. The van der Waals surface area contributed by atoms with Crippen molar-refractivity contribution in [1.29, 1.82) is 0 Å². The lowest BCUT2D eigenvalue weighted by Gasteiger charge is -2.07. The summed E-state index contributed by atoms with van der Waals surface area (Å²) < 4.78 is 24.9. The monoisotopic (exact) mass is 437 g/mol. The number of nitrogens with zero attached hydrogens (tertiary/aromatic N) is 2. The maximum absolute atomic E-state index is 13.0. The average molecular weight is 437 g/mol. The molecule has 0 saturated heterocycles. The van der Waals surface area contributed by atoms with Crippen LogP contribution in [0.4, 0.5) is 4.39 Å². The molecule has 1 N–H and O–H groups in total. The van der Waals surface area contributed by atoms with E-state index in [1.165, 1.54) is 18.3 Å². The molecule has 0 spiro atoms. The molecule has 0 atom stereocenters. The van der Waals surface area contributed by atoms with E-state index in [-0.39, 0.29) is 37.4 Å². The minimum atomic E-state index is -0.499. The first-order valence-electron chi connectivity index (χ1n) is 10.1. The first kappa shape index (κ1) is 21.2. The van der Waals surface area contributed by atoms with Crippen LogP contribution >= 0.6 is 0 Å². The van der Waals surface area contributed by atoms with Crippen molar-refractivity contribution in [3.05, 3.63) is 87.3 Å². The molecule has 0 aliphatic rings. The Hall–Kier alpha value is -4.01. The zero-order chi connectivity index (χ0) is 22.5. The van der Waals surface area contributed by atoms with E-state index < -0.39 is 11.7 Å². The number of benzene rings is 2. The molecule has 4 aromatic rings. The van der Waals surface area contributed by atoms with Gasteiger partial charge in [0.2, 0.25) is 0 Å². The summed E-state index contributed by atoms with van der Waals surface area (Å²) in [5, 5.41) is 0.426. The van der Waals surface area contributed by atoms with Crippen LogP contribution in [-0.4, -0.2) is 27.1 Å². The van der Waals surface area contributed by atoms with Crippen molar-refractivity contribution < 1.29 is 18.3 Å². The molecule has 0 bridgehead atoms. The van der Waals surface area contributed by atoms with Gasteiger partial charge in [-0.1, -0.05) is 12.1 Å². The summed E-state index contributed by atoms with van der Waals surface area (Å²) in [5.41, 5.74) is 0.295. The third-order valence-corrected chi connectivity index (χ3v) is 4.90. The molecule has 2 heterocycles. The van der Waals surface area contributed by atoms with Crippen LogP contribution in [0.3, 0.4) is 0 Å². The van der Waals surface area contributed by atoms with Crippen molar-refractivity contribution in [2.45, 2.75) is 25.8 Å². The lowest BCUT2D eigenvalue weighted by atomic mass is 10.2. The molecule has 0 amide bonds. The fraction of sp³-hybridized carbons (Fsp3) is 0.217. The van der Waals surface area contributed by atoms with E-state index in [9.17, 15) is 18.8 Å². The van der Waals surface area contributed by atoms with E-state index in [4.69, 9.17) is 9.15 Å². The number of aryl methyl sites for hydroxylation is 1. The molecule has 0 aliphatic heterocycles. The molecule has 0 fully saturated rings. The molecular weight excluding hydrogens is 417 g/mol. The van der Waals surface area contributed by atoms with Crippen LogP contribution in [-0.2, 0) is 22.5 Å². The largest absolute Gasteiger partial charge is 0.466 e. The summed E-state index contributed by atoms with van der Waals surface area (Å²) in [7, 11) is 0. The lowest BCUT2D eigenvalue weighted by molar-refractivity contribution is -0.143. The van der Waals surface area contributed by atoms with Crippen LogP contribution in [0.2, 0.25) is 0 Å². The molecule has 0 unspecified atom stereocenters. The number of aromatic nitrogens is 3. The van der Waals surface area contributed by atoms with Gasteiger partial charge in [0, 0.05) is 18.5 Å². The molecule has 9 heteroatoms. The highest BCUT2D eigenvalue weighted by molar-refractivity contribution is 5.76. The maximum atomic E-state index is 13.0. The van der Waals surface area contributed by atoms with Crippen molar-refractivity contribution in [1.82, 2.24) is 14.5 Å². The number of carbonyl (C=O) groups is 1. The number of para-hydroxylation sites is 1. The third-order valence-electron chi connectivity index (χ3n) is 4.90. The number of aromatic amines is 1. The summed E-state index contributed by atoms with van der Waals surface area (Å²) in [6.45, 7) is 0.205. The van der Waals surface area contributed by atoms with E-state index in [1.807, 2.05) is 0 Å². The quantitative estimate of drug-likeness (QED) is 0.335. The van der Waals surface area contributed by atoms with Gasteiger partial charge in [-0.05, 0) is 42.8 Å². The number of oxazole rings is 1. The molecule has 4 rings (SSSR count). The number of nitrogens with one attached hydrogen (secondary N) is 1. The van der Waals surface area contributed by atoms with E-state index in [0.717, 1.165) is 4.57 Å². The van der Waals surface area contributed by atoms with Gasteiger partial charge >= 0.3 is 11.7 Å². The van der Waals surface area contributed by atoms with Crippen molar-refractivity contribution in [3.63, 3.8) is 0 Å². The van der Waals surface area contributed by atoms with E-state index in [2.05, 4.69) is 9.97 Å².